The Bertz CT molecular complexity index is 1100. The summed E-state index contributed by atoms with van der Waals surface area (Å²) in [5, 5.41) is 0. The van der Waals surface area contributed by atoms with E-state index >= 15 is 0 Å². The van der Waals surface area contributed by atoms with Crippen molar-refractivity contribution in [3.63, 3.8) is 0 Å². The average Bonchev–Trinajstić information content (AvgIpc) is 2.64. The number of ether oxygens (including phenoxy) is 2. The largest absolute Gasteiger partial charge is 0.484 e. The van der Waals surface area contributed by atoms with Crippen LogP contribution in [0.25, 0.3) is 0 Å². The van der Waals surface area contributed by atoms with E-state index in [4.69, 9.17) is 0 Å². The second kappa shape index (κ2) is 9.48. The van der Waals surface area contributed by atoms with E-state index in [2.05, 4.69) is 25.4 Å². The van der Waals surface area contributed by atoms with Crippen LogP contribution in [0.5, 0.6) is 11.5 Å². The molecule has 0 unspecified atom stereocenters. The van der Waals surface area contributed by atoms with Crippen molar-refractivity contribution < 1.29 is 57.4 Å². The summed E-state index contributed by atoms with van der Waals surface area (Å²) < 4.78 is 149. The first-order chi connectivity index (χ1) is 14.9. The van der Waals surface area contributed by atoms with Gasteiger partial charge in [-0.05, 0) is 30.3 Å². The van der Waals surface area contributed by atoms with Crippen LogP contribution in [0.3, 0.4) is 0 Å². The summed E-state index contributed by atoms with van der Waals surface area (Å²) in [6.45, 7) is -3.79. The van der Waals surface area contributed by atoms with E-state index in [1.54, 1.807) is 4.72 Å². The molecular weight excluding hydrogens is 565 g/mol. The van der Waals surface area contributed by atoms with E-state index in [0.717, 1.165) is 18.2 Å². The summed E-state index contributed by atoms with van der Waals surface area (Å²) in [6.07, 6.45) is -14.6. The summed E-state index contributed by atoms with van der Waals surface area (Å²) in [7, 11) is -4.95. The molecule has 0 fully saturated rings. The smallest absolute Gasteiger partial charge is 0.422 e. The summed E-state index contributed by atoms with van der Waals surface area (Å²) in [4.78, 5) is -1.09. The molecule has 0 spiro atoms. The molecule has 0 atom stereocenters. The quantitative estimate of drug-likeness (QED) is 0.402. The highest BCUT2D eigenvalue weighted by Gasteiger charge is 2.34. The van der Waals surface area contributed by atoms with Gasteiger partial charge in [0.25, 0.3) is 10.0 Å². The Morgan fingerprint density at radius 3 is 1.94 bits per heavy atom. The van der Waals surface area contributed by atoms with Gasteiger partial charge in [0.1, 0.15) is 16.4 Å². The molecule has 0 saturated heterocycles. The van der Waals surface area contributed by atoms with Gasteiger partial charge in [-0.2, -0.15) is 39.5 Å². The normalized spacial score (nSPS) is 13.0. The monoisotopic (exact) mass is 575 g/mol. The number of benzene rings is 2. The number of alkyl halides is 9. The van der Waals surface area contributed by atoms with E-state index < -0.39 is 73.9 Å². The molecule has 1 N–H and O–H groups in total. The molecule has 0 heterocycles. The van der Waals surface area contributed by atoms with E-state index in [0.29, 0.717) is 18.2 Å². The van der Waals surface area contributed by atoms with E-state index in [9.17, 15) is 47.9 Å². The van der Waals surface area contributed by atoms with Crippen LogP contribution in [0.15, 0.2) is 45.8 Å². The van der Waals surface area contributed by atoms with Crippen LogP contribution < -0.4 is 14.2 Å². The number of rotatable bonds is 7. The third kappa shape index (κ3) is 8.17. The van der Waals surface area contributed by atoms with Crippen molar-refractivity contribution in [2.24, 2.45) is 0 Å². The van der Waals surface area contributed by atoms with Crippen LogP contribution in [0.2, 0.25) is 0 Å². The topological polar surface area (TPSA) is 64.6 Å². The lowest BCUT2D eigenvalue weighted by atomic mass is 10.2. The molecule has 0 radical (unpaired) electrons. The van der Waals surface area contributed by atoms with Gasteiger partial charge in [-0.15, -0.1) is 0 Å². The molecule has 2 aromatic carbocycles. The van der Waals surface area contributed by atoms with Crippen LogP contribution in [-0.4, -0.2) is 34.0 Å². The zero-order valence-corrected chi connectivity index (χ0v) is 18.1. The minimum atomic E-state index is -4.95. The maximum atomic E-state index is 13.1. The van der Waals surface area contributed by atoms with E-state index in [-0.39, 0.29) is 0 Å². The highest BCUT2D eigenvalue weighted by Crippen LogP contribution is 2.37. The maximum Gasteiger partial charge on any atom is 0.422 e. The van der Waals surface area contributed by atoms with Crippen molar-refractivity contribution in [2.45, 2.75) is 23.4 Å². The fourth-order valence-electron chi connectivity index (χ4n) is 2.25. The molecule has 0 aliphatic heterocycles. The lowest BCUT2D eigenvalue weighted by molar-refractivity contribution is -0.154. The Kier molecular flexibility index (Phi) is 7.72. The summed E-state index contributed by atoms with van der Waals surface area (Å²) in [5.41, 5.74) is -1.90. The predicted octanol–water partition coefficient (Wildman–Crippen LogP) is 6.15. The second-order valence-corrected chi connectivity index (χ2v) is 8.72. The Morgan fingerprint density at radius 2 is 1.39 bits per heavy atom. The van der Waals surface area contributed by atoms with Gasteiger partial charge >= 0.3 is 18.5 Å². The third-order valence-electron chi connectivity index (χ3n) is 3.52. The highest BCUT2D eigenvalue weighted by atomic mass is 79.9. The molecule has 33 heavy (non-hydrogen) atoms. The SMILES string of the molecule is O=S(=O)(Nc1ccc(Br)c(C(F)(F)F)c1)c1cc(OCC(F)(F)F)ccc1OCC(F)(F)F. The molecule has 0 aliphatic rings. The van der Waals surface area contributed by atoms with Gasteiger partial charge in [0, 0.05) is 16.2 Å². The number of sulfonamides is 1. The molecule has 0 saturated carbocycles. The van der Waals surface area contributed by atoms with Crippen LogP contribution in [0, 0.1) is 0 Å². The Hall–Kier alpha value is -2.36. The minimum absolute atomic E-state index is 0.405. The molecule has 184 valence electrons. The Balaban J connectivity index is 2.46. The van der Waals surface area contributed by atoms with Gasteiger partial charge in [0.15, 0.2) is 13.2 Å². The molecule has 0 amide bonds. The van der Waals surface area contributed by atoms with Crippen LogP contribution >= 0.6 is 15.9 Å². The number of nitrogens with one attached hydrogen (secondary N) is 1. The molecule has 16 heteroatoms. The third-order valence-corrected chi connectivity index (χ3v) is 5.62. The van der Waals surface area contributed by atoms with Crippen molar-refractivity contribution in [2.75, 3.05) is 17.9 Å². The first-order valence-electron chi connectivity index (χ1n) is 8.30. The molecule has 5 nitrogen and oxygen atoms in total. The van der Waals surface area contributed by atoms with E-state index in [1.165, 1.54) is 0 Å². The van der Waals surface area contributed by atoms with Crippen molar-refractivity contribution >= 4 is 31.6 Å². The highest BCUT2D eigenvalue weighted by molar-refractivity contribution is 9.10. The molecule has 2 rings (SSSR count). The maximum absolute atomic E-state index is 13.1. The number of hydrogen-bond acceptors (Lipinski definition) is 4. The summed E-state index contributed by atoms with van der Waals surface area (Å²) in [6, 6.07) is 3.99. The lowest BCUT2D eigenvalue weighted by Gasteiger charge is -2.17. The van der Waals surface area contributed by atoms with Crippen LogP contribution in [-0.2, 0) is 16.2 Å². The van der Waals surface area contributed by atoms with Gasteiger partial charge in [0.2, 0.25) is 0 Å². The number of halogens is 10. The van der Waals surface area contributed by atoms with E-state index in [1.807, 2.05) is 0 Å². The zero-order chi connectivity index (χ0) is 25.2. The first-order valence-corrected chi connectivity index (χ1v) is 10.6. The first kappa shape index (κ1) is 26.9. The summed E-state index contributed by atoms with van der Waals surface area (Å²) >= 11 is 2.65. The number of hydrogen-bond donors (Lipinski definition) is 1. The van der Waals surface area contributed by atoms with Crippen molar-refractivity contribution in [1.82, 2.24) is 0 Å². The van der Waals surface area contributed by atoms with Crippen LogP contribution in [0.4, 0.5) is 45.2 Å². The van der Waals surface area contributed by atoms with Crippen molar-refractivity contribution in [1.29, 1.82) is 0 Å². The molecule has 0 aromatic heterocycles. The van der Waals surface area contributed by atoms with Gasteiger partial charge in [-0.1, -0.05) is 15.9 Å². The van der Waals surface area contributed by atoms with Gasteiger partial charge in [0.05, 0.1) is 5.56 Å². The van der Waals surface area contributed by atoms with Gasteiger partial charge < -0.3 is 9.47 Å². The fraction of sp³-hybridized carbons (Fsp3) is 0.294. The fourth-order valence-corrected chi connectivity index (χ4v) is 3.93. The predicted molar refractivity (Wildman–Crippen MR) is 99.5 cm³/mol. The molecule has 2 aromatic rings. The molecule has 0 bridgehead atoms. The van der Waals surface area contributed by atoms with Crippen molar-refractivity contribution in [3.8, 4) is 11.5 Å². The average molecular weight is 576 g/mol. The van der Waals surface area contributed by atoms with Crippen LogP contribution in [0.1, 0.15) is 5.56 Å². The van der Waals surface area contributed by atoms with Gasteiger partial charge in [-0.3, -0.25) is 4.72 Å². The molecule has 0 aliphatic carbocycles. The zero-order valence-electron chi connectivity index (χ0n) is 15.7. The second-order valence-electron chi connectivity index (χ2n) is 6.21. The minimum Gasteiger partial charge on any atom is -0.484 e. The standard InChI is InChI=1S/C17H11BrF9NO4S/c18-12-3-1-9(5-11(12)17(25,26)27)28-33(29,30)14-6-10(31-7-15(19,20)21)2-4-13(14)32-8-16(22,23)24/h1-6,28H,7-8H2. The van der Waals surface area contributed by atoms with Gasteiger partial charge in [-0.25, -0.2) is 8.42 Å². The van der Waals surface area contributed by atoms with Crippen molar-refractivity contribution in [3.05, 3.63) is 46.4 Å². The Labute approximate surface area is 188 Å². The Morgan fingerprint density at radius 1 is 0.818 bits per heavy atom. The molecular formula is C17H11BrF9NO4S. The lowest BCUT2D eigenvalue weighted by Crippen LogP contribution is -2.22. The summed E-state index contributed by atoms with van der Waals surface area (Å²) in [5.74, 6) is -1.62. The number of anilines is 1.